The van der Waals surface area contributed by atoms with Gasteiger partial charge >= 0.3 is 0 Å². The van der Waals surface area contributed by atoms with Gasteiger partial charge in [-0.2, -0.15) is 4.80 Å². The number of benzene rings is 3. The molecule has 0 radical (unpaired) electrons. The molecule has 0 saturated heterocycles. The summed E-state index contributed by atoms with van der Waals surface area (Å²) in [5, 5.41) is 15.2. The summed E-state index contributed by atoms with van der Waals surface area (Å²) in [6, 6.07) is 21.0. The van der Waals surface area contributed by atoms with Crippen molar-refractivity contribution in [1.82, 2.24) is 20.3 Å². The molecule has 0 bridgehead atoms. The van der Waals surface area contributed by atoms with Crippen LogP contribution in [0.15, 0.2) is 66.7 Å². The van der Waals surface area contributed by atoms with E-state index in [-0.39, 0.29) is 11.0 Å². The Morgan fingerprint density at radius 3 is 2.33 bits per heavy atom. The zero-order chi connectivity index (χ0) is 21.1. The Morgan fingerprint density at radius 1 is 1.00 bits per heavy atom. The van der Waals surface area contributed by atoms with Crippen molar-refractivity contribution in [3.05, 3.63) is 83.4 Å². The van der Waals surface area contributed by atoms with Gasteiger partial charge < -0.3 is 5.32 Å². The maximum atomic E-state index is 12.3. The molecule has 6 nitrogen and oxygen atoms in total. The number of anilines is 1. The first kappa shape index (κ1) is 19.7. The first-order chi connectivity index (χ1) is 14.5. The second kappa shape index (κ2) is 8.42. The molecule has 150 valence electrons. The summed E-state index contributed by atoms with van der Waals surface area (Å²) in [6.45, 7) is 4.08. The van der Waals surface area contributed by atoms with Gasteiger partial charge in [0, 0.05) is 11.3 Å². The van der Waals surface area contributed by atoms with Crippen LogP contribution in [0.5, 0.6) is 0 Å². The van der Waals surface area contributed by atoms with Crippen molar-refractivity contribution in [3.63, 3.8) is 0 Å². The maximum absolute atomic E-state index is 12.3. The average molecular weight is 416 g/mol. The van der Waals surface area contributed by atoms with Gasteiger partial charge in [-0.05, 0) is 73.1 Å². The molecule has 4 rings (SSSR count). The highest BCUT2D eigenvalue weighted by molar-refractivity contribution is 7.80. The number of carbonyl (C=O) groups is 1. The van der Waals surface area contributed by atoms with Crippen LogP contribution in [0.4, 0.5) is 5.69 Å². The standard InChI is InChI=1S/C23H21N5OS/c1-3-16-9-11-18(12-10-16)28-26-20-13-15(2)19(14-21(20)27-28)24-23(30)25-22(29)17-7-5-4-6-8-17/h4-14H,3H2,1-2H3,(H2,24,25,29,30). The van der Waals surface area contributed by atoms with Crippen LogP contribution in [0, 0.1) is 6.92 Å². The Morgan fingerprint density at radius 2 is 1.67 bits per heavy atom. The lowest BCUT2D eigenvalue weighted by Crippen LogP contribution is -2.34. The lowest BCUT2D eigenvalue weighted by Gasteiger charge is -2.11. The van der Waals surface area contributed by atoms with Gasteiger partial charge in [-0.3, -0.25) is 10.1 Å². The molecule has 1 aromatic heterocycles. The van der Waals surface area contributed by atoms with Crippen LogP contribution in [0.1, 0.15) is 28.4 Å². The zero-order valence-electron chi connectivity index (χ0n) is 16.7. The second-order valence-electron chi connectivity index (χ2n) is 6.94. The molecule has 3 aromatic carbocycles. The van der Waals surface area contributed by atoms with Gasteiger partial charge in [-0.1, -0.05) is 37.3 Å². The first-order valence-electron chi connectivity index (χ1n) is 9.68. The molecule has 0 saturated carbocycles. The van der Waals surface area contributed by atoms with E-state index in [1.807, 2.05) is 49.4 Å². The number of hydrogen-bond donors (Lipinski definition) is 2. The molecule has 0 atom stereocenters. The van der Waals surface area contributed by atoms with Gasteiger partial charge in [0.15, 0.2) is 5.11 Å². The third kappa shape index (κ3) is 4.21. The number of amides is 1. The van der Waals surface area contributed by atoms with Crippen molar-refractivity contribution < 1.29 is 4.79 Å². The molecule has 0 fully saturated rings. The fraction of sp³-hybridized carbons (Fsp3) is 0.130. The molecule has 1 heterocycles. The smallest absolute Gasteiger partial charge is 0.257 e. The van der Waals surface area contributed by atoms with Gasteiger partial charge in [-0.25, -0.2) is 0 Å². The van der Waals surface area contributed by atoms with E-state index >= 15 is 0 Å². The van der Waals surface area contributed by atoms with E-state index < -0.39 is 0 Å². The van der Waals surface area contributed by atoms with Crippen LogP contribution >= 0.6 is 12.2 Å². The molecule has 1 amide bonds. The SMILES string of the molecule is CCc1ccc(-n2nc3cc(C)c(NC(=S)NC(=O)c4ccccc4)cc3n2)cc1. The summed E-state index contributed by atoms with van der Waals surface area (Å²) >= 11 is 5.32. The van der Waals surface area contributed by atoms with Crippen molar-refractivity contribution in [2.24, 2.45) is 0 Å². The Balaban J connectivity index is 1.53. The summed E-state index contributed by atoms with van der Waals surface area (Å²) in [7, 11) is 0. The average Bonchev–Trinajstić information content (AvgIpc) is 3.17. The van der Waals surface area contributed by atoms with Crippen molar-refractivity contribution in [1.29, 1.82) is 0 Å². The van der Waals surface area contributed by atoms with Crippen molar-refractivity contribution in [2.45, 2.75) is 20.3 Å². The number of carbonyl (C=O) groups excluding carboxylic acids is 1. The quantitative estimate of drug-likeness (QED) is 0.483. The fourth-order valence-corrected chi connectivity index (χ4v) is 3.30. The molecular weight excluding hydrogens is 394 g/mol. The van der Waals surface area contributed by atoms with Gasteiger partial charge in [-0.15, -0.1) is 10.2 Å². The van der Waals surface area contributed by atoms with Gasteiger partial charge in [0.25, 0.3) is 5.91 Å². The largest absolute Gasteiger partial charge is 0.332 e. The van der Waals surface area contributed by atoms with Gasteiger partial charge in [0.2, 0.25) is 0 Å². The number of rotatable bonds is 4. The molecule has 4 aromatic rings. The predicted octanol–water partition coefficient (Wildman–Crippen LogP) is 4.42. The maximum Gasteiger partial charge on any atom is 0.257 e. The molecule has 0 unspecified atom stereocenters. The van der Waals surface area contributed by atoms with Crippen molar-refractivity contribution in [3.8, 4) is 5.69 Å². The number of fused-ring (bicyclic) bond motifs is 1. The third-order valence-corrected chi connectivity index (χ3v) is 5.02. The number of nitrogens with one attached hydrogen (secondary N) is 2. The normalized spacial score (nSPS) is 10.7. The summed E-state index contributed by atoms with van der Waals surface area (Å²) < 4.78 is 0. The van der Waals surface area contributed by atoms with Crippen molar-refractivity contribution >= 4 is 40.0 Å². The Labute approximate surface area is 179 Å². The highest BCUT2D eigenvalue weighted by atomic mass is 32.1. The molecule has 0 aliphatic rings. The summed E-state index contributed by atoms with van der Waals surface area (Å²) in [6.07, 6.45) is 0.990. The van der Waals surface area contributed by atoms with E-state index in [0.29, 0.717) is 5.56 Å². The topological polar surface area (TPSA) is 71.8 Å². The van der Waals surface area contributed by atoms with Crippen LogP contribution in [-0.4, -0.2) is 26.0 Å². The number of thiocarbonyl (C=S) groups is 1. The van der Waals surface area contributed by atoms with Crippen LogP contribution in [0.3, 0.4) is 0 Å². The molecule has 0 aliphatic carbocycles. The summed E-state index contributed by atoms with van der Waals surface area (Å²) in [5.41, 5.74) is 5.97. The van der Waals surface area contributed by atoms with Crippen LogP contribution in [0.2, 0.25) is 0 Å². The number of aryl methyl sites for hydroxylation is 2. The molecule has 7 heteroatoms. The molecule has 2 N–H and O–H groups in total. The van der Waals surface area contributed by atoms with E-state index in [1.165, 1.54) is 5.56 Å². The monoisotopic (exact) mass is 415 g/mol. The minimum absolute atomic E-state index is 0.230. The highest BCUT2D eigenvalue weighted by Crippen LogP contribution is 2.22. The lowest BCUT2D eigenvalue weighted by molar-refractivity contribution is 0.0977. The van der Waals surface area contributed by atoms with Crippen LogP contribution in [-0.2, 0) is 6.42 Å². The Hall–Kier alpha value is -3.58. The Bertz CT molecular complexity index is 1220. The minimum atomic E-state index is -0.256. The second-order valence-corrected chi connectivity index (χ2v) is 7.35. The van der Waals surface area contributed by atoms with Gasteiger partial charge in [0.1, 0.15) is 11.0 Å². The van der Waals surface area contributed by atoms with Crippen LogP contribution in [0.25, 0.3) is 16.7 Å². The van der Waals surface area contributed by atoms with Crippen molar-refractivity contribution in [2.75, 3.05) is 5.32 Å². The van der Waals surface area contributed by atoms with E-state index in [2.05, 4.69) is 39.9 Å². The van der Waals surface area contributed by atoms with Gasteiger partial charge in [0.05, 0.1) is 5.69 Å². The van der Waals surface area contributed by atoms with E-state index in [0.717, 1.165) is 34.4 Å². The number of nitrogens with zero attached hydrogens (tertiary/aromatic N) is 3. The van der Waals surface area contributed by atoms with E-state index in [1.54, 1.807) is 16.9 Å². The molecule has 0 aliphatic heterocycles. The van der Waals surface area contributed by atoms with E-state index in [4.69, 9.17) is 12.2 Å². The van der Waals surface area contributed by atoms with E-state index in [9.17, 15) is 4.79 Å². The first-order valence-corrected chi connectivity index (χ1v) is 10.1. The molecule has 0 spiro atoms. The minimum Gasteiger partial charge on any atom is -0.332 e. The zero-order valence-corrected chi connectivity index (χ0v) is 17.5. The summed E-state index contributed by atoms with van der Waals surface area (Å²) in [5.74, 6) is -0.256. The molecular formula is C23H21N5OS. The number of hydrogen-bond acceptors (Lipinski definition) is 4. The number of aromatic nitrogens is 3. The predicted molar refractivity (Wildman–Crippen MR) is 123 cm³/mol. The molecule has 30 heavy (non-hydrogen) atoms. The highest BCUT2D eigenvalue weighted by Gasteiger charge is 2.11. The summed E-state index contributed by atoms with van der Waals surface area (Å²) in [4.78, 5) is 13.9. The third-order valence-electron chi connectivity index (χ3n) is 4.81. The lowest BCUT2D eigenvalue weighted by atomic mass is 10.2. The van der Waals surface area contributed by atoms with Crippen LogP contribution < -0.4 is 10.6 Å². The fourth-order valence-electron chi connectivity index (χ4n) is 3.10. The Kier molecular flexibility index (Phi) is 5.54.